The third-order valence-electron chi connectivity index (χ3n) is 3.63. The molecule has 0 atom stereocenters. The lowest BCUT2D eigenvalue weighted by Crippen LogP contribution is -2.19. The van der Waals surface area contributed by atoms with Gasteiger partial charge in [0.2, 0.25) is 5.88 Å². The van der Waals surface area contributed by atoms with Gasteiger partial charge in [-0.3, -0.25) is 4.72 Å². The van der Waals surface area contributed by atoms with E-state index >= 15 is 0 Å². The molecule has 0 bridgehead atoms. The van der Waals surface area contributed by atoms with Gasteiger partial charge in [0.25, 0.3) is 10.0 Å². The monoisotopic (exact) mass is 399 g/mol. The summed E-state index contributed by atoms with van der Waals surface area (Å²) in [5, 5.41) is 0. The van der Waals surface area contributed by atoms with Crippen molar-refractivity contribution < 1.29 is 13.2 Å². The first-order valence-corrected chi connectivity index (χ1v) is 9.62. The van der Waals surface area contributed by atoms with Crippen LogP contribution in [-0.4, -0.2) is 45.5 Å². The summed E-state index contributed by atoms with van der Waals surface area (Å²) in [4.78, 5) is 6.36. The van der Waals surface area contributed by atoms with Gasteiger partial charge in [-0.15, -0.1) is 12.4 Å². The summed E-state index contributed by atoms with van der Waals surface area (Å²) in [5.74, 6) is 0.819. The predicted molar refractivity (Wildman–Crippen MR) is 107 cm³/mol. The fraction of sp³-hybridized carbons (Fsp3) is 0.389. The first-order valence-electron chi connectivity index (χ1n) is 8.14. The van der Waals surface area contributed by atoms with E-state index in [4.69, 9.17) is 4.74 Å². The molecule has 0 saturated carbocycles. The lowest BCUT2D eigenvalue weighted by Gasteiger charge is -2.12. The molecule has 1 aromatic heterocycles. The number of ether oxygens (including phenoxy) is 1. The maximum absolute atomic E-state index is 12.4. The van der Waals surface area contributed by atoms with E-state index in [1.807, 2.05) is 31.1 Å². The zero-order chi connectivity index (χ0) is 18.4. The highest BCUT2D eigenvalue weighted by Crippen LogP contribution is 2.20. The summed E-state index contributed by atoms with van der Waals surface area (Å²) in [6, 6.07) is 10.2. The zero-order valence-electron chi connectivity index (χ0n) is 15.5. The molecule has 0 radical (unpaired) electrons. The van der Waals surface area contributed by atoms with Crippen molar-refractivity contribution in [1.82, 2.24) is 9.88 Å². The molecule has 0 unspecified atom stereocenters. The molecular formula is C18H26ClN3O3S. The van der Waals surface area contributed by atoms with Gasteiger partial charge < -0.3 is 9.64 Å². The van der Waals surface area contributed by atoms with Crippen LogP contribution in [0.15, 0.2) is 47.5 Å². The highest BCUT2D eigenvalue weighted by Gasteiger charge is 2.14. The molecule has 8 heteroatoms. The van der Waals surface area contributed by atoms with Crippen LogP contribution < -0.4 is 9.46 Å². The second-order valence-corrected chi connectivity index (χ2v) is 8.05. The Balaban J connectivity index is 0.00000338. The molecule has 0 aliphatic heterocycles. The lowest BCUT2D eigenvalue weighted by molar-refractivity contribution is 0.254. The van der Waals surface area contributed by atoms with Crippen LogP contribution in [0.3, 0.4) is 0 Å². The molecule has 144 valence electrons. The predicted octanol–water partition coefficient (Wildman–Crippen LogP) is 3.37. The Kier molecular flexibility index (Phi) is 8.33. The van der Waals surface area contributed by atoms with Gasteiger partial charge in [-0.1, -0.05) is 26.0 Å². The van der Waals surface area contributed by atoms with Crippen molar-refractivity contribution in [3.63, 3.8) is 0 Å². The minimum Gasteiger partial charge on any atom is -0.476 e. The van der Waals surface area contributed by atoms with Gasteiger partial charge in [0, 0.05) is 12.6 Å². The summed E-state index contributed by atoms with van der Waals surface area (Å²) >= 11 is 0. The number of aromatic nitrogens is 1. The smallest absolute Gasteiger partial charge is 0.261 e. The Morgan fingerprint density at radius 3 is 2.27 bits per heavy atom. The highest BCUT2D eigenvalue weighted by atomic mass is 35.5. The Labute approximate surface area is 162 Å². The Hall–Kier alpha value is -1.83. The standard InChI is InChI=1S/C18H25N3O3S.ClH/c1-14(2)15-5-8-17(9-6-15)25(22,23)20-16-7-10-18(19-13-16)24-12-11-21(3)4;/h5-10,13-14,20H,11-12H2,1-4H3;1H. The van der Waals surface area contributed by atoms with Crippen molar-refractivity contribution in [3.05, 3.63) is 48.2 Å². The second-order valence-electron chi connectivity index (χ2n) is 6.37. The third-order valence-corrected chi connectivity index (χ3v) is 5.03. The molecule has 0 fully saturated rings. The van der Waals surface area contributed by atoms with E-state index in [0.29, 0.717) is 24.1 Å². The number of sulfonamides is 1. The molecule has 2 rings (SSSR count). The number of halogens is 1. The number of anilines is 1. The van der Waals surface area contributed by atoms with Crippen molar-refractivity contribution in [2.24, 2.45) is 0 Å². The topological polar surface area (TPSA) is 71.5 Å². The van der Waals surface area contributed by atoms with E-state index < -0.39 is 10.0 Å². The molecule has 1 N–H and O–H groups in total. The summed E-state index contributed by atoms with van der Waals surface area (Å²) in [7, 11) is 0.287. The molecular weight excluding hydrogens is 374 g/mol. The number of benzene rings is 1. The SMILES string of the molecule is CC(C)c1ccc(S(=O)(=O)Nc2ccc(OCCN(C)C)nc2)cc1.Cl. The number of nitrogens with zero attached hydrogens (tertiary/aromatic N) is 2. The number of hydrogen-bond acceptors (Lipinski definition) is 5. The number of hydrogen-bond donors (Lipinski definition) is 1. The van der Waals surface area contributed by atoms with Gasteiger partial charge in [-0.05, 0) is 43.8 Å². The second kappa shape index (κ2) is 9.75. The van der Waals surface area contributed by atoms with E-state index in [1.54, 1.807) is 24.3 Å². The Bertz CT molecular complexity index is 776. The van der Waals surface area contributed by atoms with E-state index in [-0.39, 0.29) is 17.3 Å². The summed E-state index contributed by atoms with van der Waals surface area (Å²) < 4.78 is 32.9. The number of likely N-dealkylation sites (N-methyl/N-ethyl adjacent to an activating group) is 1. The van der Waals surface area contributed by atoms with Crippen molar-refractivity contribution in [3.8, 4) is 5.88 Å². The minimum atomic E-state index is -3.63. The van der Waals surface area contributed by atoms with Crippen molar-refractivity contribution in [2.45, 2.75) is 24.7 Å². The van der Waals surface area contributed by atoms with Crippen LogP contribution in [-0.2, 0) is 10.0 Å². The van der Waals surface area contributed by atoms with Crippen molar-refractivity contribution in [1.29, 1.82) is 0 Å². The summed E-state index contributed by atoms with van der Waals surface area (Å²) in [6.45, 7) is 5.43. The molecule has 0 spiro atoms. The van der Waals surface area contributed by atoms with Crippen LogP contribution in [0.5, 0.6) is 5.88 Å². The van der Waals surface area contributed by atoms with Crippen LogP contribution in [0.1, 0.15) is 25.3 Å². The van der Waals surface area contributed by atoms with Gasteiger partial charge >= 0.3 is 0 Å². The van der Waals surface area contributed by atoms with Crippen LogP contribution >= 0.6 is 12.4 Å². The maximum atomic E-state index is 12.4. The fourth-order valence-electron chi connectivity index (χ4n) is 2.10. The van der Waals surface area contributed by atoms with Crippen molar-refractivity contribution in [2.75, 3.05) is 32.0 Å². The van der Waals surface area contributed by atoms with E-state index in [1.165, 1.54) is 6.20 Å². The summed E-state index contributed by atoms with van der Waals surface area (Å²) in [6.07, 6.45) is 1.45. The van der Waals surface area contributed by atoms with Gasteiger partial charge in [0.1, 0.15) is 6.61 Å². The Morgan fingerprint density at radius 1 is 1.12 bits per heavy atom. The van der Waals surface area contributed by atoms with Gasteiger partial charge in [0.15, 0.2) is 0 Å². The quantitative estimate of drug-likeness (QED) is 0.736. The van der Waals surface area contributed by atoms with Crippen LogP contribution in [0.4, 0.5) is 5.69 Å². The minimum absolute atomic E-state index is 0. The highest BCUT2D eigenvalue weighted by molar-refractivity contribution is 7.92. The third kappa shape index (κ3) is 6.48. The lowest BCUT2D eigenvalue weighted by atomic mass is 10.0. The van der Waals surface area contributed by atoms with E-state index in [9.17, 15) is 8.42 Å². The molecule has 0 amide bonds. The maximum Gasteiger partial charge on any atom is 0.261 e. The zero-order valence-corrected chi connectivity index (χ0v) is 17.1. The Morgan fingerprint density at radius 2 is 1.77 bits per heavy atom. The normalized spacial score (nSPS) is 11.3. The number of nitrogens with one attached hydrogen (secondary N) is 1. The van der Waals surface area contributed by atoms with E-state index in [0.717, 1.165) is 12.1 Å². The molecule has 6 nitrogen and oxygen atoms in total. The molecule has 0 aliphatic carbocycles. The van der Waals surface area contributed by atoms with Gasteiger partial charge in [-0.25, -0.2) is 13.4 Å². The van der Waals surface area contributed by atoms with Crippen LogP contribution in [0, 0.1) is 0 Å². The van der Waals surface area contributed by atoms with Gasteiger partial charge in [0.05, 0.1) is 16.8 Å². The van der Waals surface area contributed by atoms with Crippen molar-refractivity contribution >= 4 is 28.1 Å². The molecule has 0 saturated heterocycles. The van der Waals surface area contributed by atoms with Gasteiger partial charge in [-0.2, -0.15) is 0 Å². The average Bonchev–Trinajstić information content (AvgIpc) is 2.56. The average molecular weight is 400 g/mol. The molecule has 1 heterocycles. The van der Waals surface area contributed by atoms with E-state index in [2.05, 4.69) is 23.6 Å². The number of rotatable bonds is 8. The summed E-state index contributed by atoms with van der Waals surface area (Å²) in [5.41, 5.74) is 1.49. The largest absolute Gasteiger partial charge is 0.476 e. The number of pyridine rings is 1. The van der Waals surface area contributed by atoms with Crippen LogP contribution in [0.25, 0.3) is 0 Å². The molecule has 26 heavy (non-hydrogen) atoms. The van der Waals surface area contributed by atoms with Crippen LogP contribution in [0.2, 0.25) is 0 Å². The molecule has 0 aliphatic rings. The first-order chi connectivity index (χ1) is 11.8. The fourth-order valence-corrected chi connectivity index (χ4v) is 3.15. The molecule has 1 aromatic carbocycles. The first kappa shape index (κ1) is 22.2. The molecule has 2 aromatic rings.